The summed E-state index contributed by atoms with van der Waals surface area (Å²) in [5, 5.41) is 8.59. The third kappa shape index (κ3) is 1.92. The van der Waals surface area contributed by atoms with E-state index in [9.17, 15) is 4.79 Å². The van der Waals surface area contributed by atoms with Crippen LogP contribution in [0.3, 0.4) is 0 Å². The van der Waals surface area contributed by atoms with Gasteiger partial charge in [0.15, 0.2) is 11.4 Å². The van der Waals surface area contributed by atoms with Crippen molar-refractivity contribution in [1.29, 1.82) is 5.26 Å². The molecular formula is C7H4ClN3O2. The van der Waals surface area contributed by atoms with Crippen molar-refractivity contribution in [2.45, 2.75) is 0 Å². The molecule has 0 aliphatic carbocycles. The SMILES string of the molecule is COC(=O)c1nc(Cl)cnc1C#N. The minimum Gasteiger partial charge on any atom is -0.464 e. The predicted molar refractivity (Wildman–Crippen MR) is 43.1 cm³/mol. The Labute approximate surface area is 78.9 Å². The highest BCUT2D eigenvalue weighted by Crippen LogP contribution is 2.08. The molecule has 1 aromatic heterocycles. The largest absolute Gasteiger partial charge is 0.464 e. The Morgan fingerprint density at radius 3 is 3.00 bits per heavy atom. The van der Waals surface area contributed by atoms with Gasteiger partial charge in [-0.1, -0.05) is 11.6 Å². The van der Waals surface area contributed by atoms with E-state index < -0.39 is 5.97 Å². The fourth-order valence-corrected chi connectivity index (χ4v) is 0.822. The van der Waals surface area contributed by atoms with Gasteiger partial charge in [-0.25, -0.2) is 14.8 Å². The highest BCUT2D eigenvalue weighted by Gasteiger charge is 2.15. The molecule has 0 bridgehead atoms. The highest BCUT2D eigenvalue weighted by molar-refractivity contribution is 6.29. The smallest absolute Gasteiger partial charge is 0.359 e. The lowest BCUT2D eigenvalue weighted by Crippen LogP contribution is -2.08. The molecule has 0 aromatic carbocycles. The Morgan fingerprint density at radius 1 is 1.77 bits per heavy atom. The lowest BCUT2D eigenvalue weighted by Gasteiger charge is -1.99. The van der Waals surface area contributed by atoms with Crippen molar-refractivity contribution in [1.82, 2.24) is 9.97 Å². The lowest BCUT2D eigenvalue weighted by molar-refractivity contribution is 0.0593. The Balaban J connectivity index is 3.25. The van der Waals surface area contributed by atoms with E-state index in [1.54, 1.807) is 6.07 Å². The Kier molecular flexibility index (Phi) is 2.77. The van der Waals surface area contributed by atoms with Gasteiger partial charge in [0.05, 0.1) is 13.3 Å². The first kappa shape index (κ1) is 9.42. The molecule has 1 rings (SSSR count). The number of esters is 1. The molecule has 0 N–H and O–H groups in total. The van der Waals surface area contributed by atoms with Crippen molar-refractivity contribution in [3.05, 3.63) is 22.7 Å². The quantitative estimate of drug-likeness (QED) is 0.622. The number of carbonyl (C=O) groups excluding carboxylic acids is 1. The van der Waals surface area contributed by atoms with E-state index in [0.29, 0.717) is 0 Å². The van der Waals surface area contributed by atoms with Crippen molar-refractivity contribution in [3.8, 4) is 6.07 Å². The third-order valence-corrected chi connectivity index (χ3v) is 1.41. The fourth-order valence-electron chi connectivity index (χ4n) is 0.688. The van der Waals surface area contributed by atoms with Gasteiger partial charge in [-0.05, 0) is 0 Å². The summed E-state index contributed by atoms with van der Waals surface area (Å²) < 4.78 is 4.38. The summed E-state index contributed by atoms with van der Waals surface area (Å²) in [5.41, 5.74) is -0.270. The Hall–Kier alpha value is -1.67. The molecule has 1 heterocycles. The summed E-state index contributed by atoms with van der Waals surface area (Å²) in [7, 11) is 1.19. The zero-order valence-corrected chi connectivity index (χ0v) is 7.37. The van der Waals surface area contributed by atoms with E-state index in [0.717, 1.165) is 0 Å². The lowest BCUT2D eigenvalue weighted by atomic mass is 10.3. The van der Waals surface area contributed by atoms with Crippen LogP contribution in [0.5, 0.6) is 0 Å². The number of methoxy groups -OCH3 is 1. The van der Waals surface area contributed by atoms with Gasteiger partial charge < -0.3 is 4.74 Å². The van der Waals surface area contributed by atoms with Crippen molar-refractivity contribution < 1.29 is 9.53 Å². The molecule has 0 aliphatic heterocycles. The number of rotatable bonds is 1. The maximum Gasteiger partial charge on any atom is 0.359 e. The summed E-state index contributed by atoms with van der Waals surface area (Å²) >= 11 is 5.48. The second kappa shape index (κ2) is 3.83. The van der Waals surface area contributed by atoms with Crippen LogP contribution < -0.4 is 0 Å². The van der Waals surface area contributed by atoms with Gasteiger partial charge in [0.25, 0.3) is 0 Å². The third-order valence-electron chi connectivity index (χ3n) is 1.23. The van der Waals surface area contributed by atoms with Crippen LogP contribution in [0.25, 0.3) is 0 Å². The van der Waals surface area contributed by atoms with Crippen LogP contribution in [-0.2, 0) is 4.74 Å². The van der Waals surface area contributed by atoms with Crippen LogP contribution in [0.4, 0.5) is 0 Å². The van der Waals surface area contributed by atoms with Gasteiger partial charge in [-0.2, -0.15) is 5.26 Å². The topological polar surface area (TPSA) is 75.9 Å². The standard InChI is InChI=1S/C7H4ClN3O2/c1-13-7(12)6-4(2-9)10-3-5(8)11-6/h3H,1H3. The van der Waals surface area contributed by atoms with Crippen LogP contribution in [0, 0.1) is 11.3 Å². The zero-order valence-electron chi connectivity index (χ0n) is 6.61. The number of nitrogens with zero attached hydrogens (tertiary/aromatic N) is 3. The first-order chi connectivity index (χ1) is 6.19. The molecule has 0 saturated heterocycles. The Morgan fingerprint density at radius 2 is 2.46 bits per heavy atom. The molecule has 13 heavy (non-hydrogen) atoms. The van der Waals surface area contributed by atoms with E-state index in [1.165, 1.54) is 13.3 Å². The summed E-state index contributed by atoms with van der Waals surface area (Å²) in [5.74, 6) is -0.730. The summed E-state index contributed by atoms with van der Waals surface area (Å²) in [6.45, 7) is 0. The van der Waals surface area contributed by atoms with E-state index in [-0.39, 0.29) is 16.5 Å². The molecule has 0 unspecified atom stereocenters. The number of ether oxygens (including phenoxy) is 1. The minimum atomic E-state index is -0.730. The van der Waals surface area contributed by atoms with Crippen LogP contribution >= 0.6 is 11.6 Å². The number of aromatic nitrogens is 2. The monoisotopic (exact) mass is 197 g/mol. The maximum atomic E-state index is 11.0. The number of hydrogen-bond acceptors (Lipinski definition) is 5. The molecule has 0 amide bonds. The number of halogens is 1. The highest BCUT2D eigenvalue weighted by atomic mass is 35.5. The van der Waals surface area contributed by atoms with E-state index in [2.05, 4.69) is 14.7 Å². The molecule has 5 nitrogen and oxygen atoms in total. The van der Waals surface area contributed by atoms with Gasteiger partial charge in [-0.3, -0.25) is 0 Å². The molecule has 0 spiro atoms. The first-order valence-electron chi connectivity index (χ1n) is 3.20. The van der Waals surface area contributed by atoms with Crippen molar-refractivity contribution in [2.24, 2.45) is 0 Å². The first-order valence-corrected chi connectivity index (χ1v) is 3.57. The van der Waals surface area contributed by atoms with E-state index in [1.807, 2.05) is 0 Å². The molecule has 0 atom stereocenters. The fraction of sp³-hybridized carbons (Fsp3) is 0.143. The second-order valence-corrected chi connectivity index (χ2v) is 2.38. The summed E-state index contributed by atoms with van der Waals surface area (Å²) in [6, 6.07) is 1.70. The van der Waals surface area contributed by atoms with Crippen LogP contribution in [0.1, 0.15) is 16.2 Å². The van der Waals surface area contributed by atoms with Crippen molar-refractivity contribution in [3.63, 3.8) is 0 Å². The Bertz CT molecular complexity index is 386. The minimum absolute atomic E-state index is 0.0411. The van der Waals surface area contributed by atoms with Gasteiger partial charge in [0.2, 0.25) is 0 Å². The zero-order chi connectivity index (χ0) is 9.84. The molecule has 0 saturated carbocycles. The summed E-state index contributed by atoms with van der Waals surface area (Å²) in [6.07, 6.45) is 1.19. The van der Waals surface area contributed by atoms with Crippen LogP contribution in [0.2, 0.25) is 5.15 Å². The maximum absolute atomic E-state index is 11.0. The van der Waals surface area contributed by atoms with Gasteiger partial charge in [0, 0.05) is 0 Å². The van der Waals surface area contributed by atoms with Crippen molar-refractivity contribution in [2.75, 3.05) is 7.11 Å². The molecule has 0 fully saturated rings. The number of carbonyl (C=O) groups is 1. The molecule has 66 valence electrons. The van der Waals surface area contributed by atoms with E-state index in [4.69, 9.17) is 16.9 Å². The van der Waals surface area contributed by atoms with Gasteiger partial charge >= 0.3 is 5.97 Å². The average molecular weight is 198 g/mol. The molecule has 0 aliphatic rings. The molecule has 1 aromatic rings. The van der Waals surface area contributed by atoms with Gasteiger partial charge in [0.1, 0.15) is 11.2 Å². The predicted octanol–water partition coefficient (Wildman–Crippen LogP) is 0.788. The van der Waals surface area contributed by atoms with Crippen LogP contribution in [0.15, 0.2) is 6.20 Å². The summed E-state index contributed by atoms with van der Waals surface area (Å²) in [4.78, 5) is 18.2. The average Bonchev–Trinajstić information content (AvgIpc) is 2.16. The van der Waals surface area contributed by atoms with Crippen LogP contribution in [-0.4, -0.2) is 23.0 Å². The van der Waals surface area contributed by atoms with E-state index >= 15 is 0 Å². The van der Waals surface area contributed by atoms with Crippen molar-refractivity contribution >= 4 is 17.6 Å². The molecule has 6 heteroatoms. The molecule has 0 radical (unpaired) electrons. The molecular weight excluding hydrogens is 194 g/mol. The van der Waals surface area contributed by atoms with Gasteiger partial charge in [-0.15, -0.1) is 0 Å². The second-order valence-electron chi connectivity index (χ2n) is 1.99. The number of hydrogen-bond donors (Lipinski definition) is 0. The number of nitriles is 1. The normalized spacial score (nSPS) is 9.00.